The second-order valence-corrected chi connectivity index (χ2v) is 4.67. The van der Waals surface area contributed by atoms with Gasteiger partial charge in [-0.1, -0.05) is 12.1 Å². The Morgan fingerprint density at radius 1 is 1.10 bits per heavy atom. The van der Waals surface area contributed by atoms with Crippen molar-refractivity contribution in [3.05, 3.63) is 54.1 Å². The fraction of sp³-hybridized carbons (Fsp3) is 0.188. The van der Waals surface area contributed by atoms with E-state index in [0.29, 0.717) is 18.7 Å². The lowest BCUT2D eigenvalue weighted by atomic mass is 10.1. The minimum Gasteiger partial charge on any atom is -0.508 e. The molecule has 1 aliphatic rings. The smallest absolute Gasteiger partial charge is 0.258 e. The van der Waals surface area contributed by atoms with Crippen LogP contribution < -0.4 is 9.64 Å². The number of nitrogens with zero attached hydrogens (tertiary/aromatic N) is 1. The Hall–Kier alpha value is -2.49. The number of para-hydroxylation sites is 2. The van der Waals surface area contributed by atoms with E-state index < -0.39 is 0 Å². The van der Waals surface area contributed by atoms with Crippen molar-refractivity contribution in [2.24, 2.45) is 0 Å². The Labute approximate surface area is 117 Å². The maximum Gasteiger partial charge on any atom is 0.258 e. The van der Waals surface area contributed by atoms with E-state index in [9.17, 15) is 9.90 Å². The Bertz CT molecular complexity index is 622. The van der Waals surface area contributed by atoms with Crippen molar-refractivity contribution in [1.29, 1.82) is 0 Å². The highest BCUT2D eigenvalue weighted by atomic mass is 16.5. The van der Waals surface area contributed by atoms with Crippen LogP contribution in [0, 0.1) is 0 Å². The third-order valence-electron chi connectivity index (χ3n) is 3.30. The van der Waals surface area contributed by atoms with Gasteiger partial charge in [0.1, 0.15) is 11.5 Å². The van der Waals surface area contributed by atoms with Gasteiger partial charge in [0.05, 0.1) is 12.3 Å². The first-order valence-electron chi connectivity index (χ1n) is 6.58. The van der Waals surface area contributed by atoms with Crippen LogP contribution in [0.25, 0.3) is 0 Å². The number of hydrogen-bond acceptors (Lipinski definition) is 3. The number of aromatic hydroxyl groups is 1. The minimum absolute atomic E-state index is 0.0806. The summed E-state index contributed by atoms with van der Waals surface area (Å²) in [4.78, 5) is 14.3. The van der Waals surface area contributed by atoms with Crippen molar-refractivity contribution in [3.8, 4) is 11.5 Å². The van der Waals surface area contributed by atoms with E-state index in [1.165, 1.54) is 12.1 Å². The number of carbonyl (C=O) groups excluding carboxylic acids is 1. The summed E-state index contributed by atoms with van der Waals surface area (Å²) in [5.41, 5.74) is 1.35. The van der Waals surface area contributed by atoms with Crippen LogP contribution in [0.3, 0.4) is 0 Å². The third kappa shape index (κ3) is 2.32. The molecule has 4 nitrogen and oxygen atoms in total. The number of carbonyl (C=O) groups is 1. The van der Waals surface area contributed by atoms with E-state index in [2.05, 4.69) is 0 Å². The SMILES string of the molecule is O=C(c1ccc(O)cc1)N1CCCOc2ccccc21. The summed E-state index contributed by atoms with van der Waals surface area (Å²) in [6.45, 7) is 1.23. The molecule has 0 aliphatic carbocycles. The number of amides is 1. The molecule has 2 aromatic rings. The molecule has 0 saturated carbocycles. The zero-order valence-corrected chi connectivity index (χ0v) is 11.0. The van der Waals surface area contributed by atoms with Gasteiger partial charge >= 0.3 is 0 Å². The zero-order valence-electron chi connectivity index (χ0n) is 11.0. The highest BCUT2D eigenvalue weighted by Gasteiger charge is 2.22. The monoisotopic (exact) mass is 269 g/mol. The minimum atomic E-state index is -0.0806. The molecule has 0 radical (unpaired) electrons. The van der Waals surface area contributed by atoms with E-state index in [1.54, 1.807) is 17.0 Å². The summed E-state index contributed by atoms with van der Waals surface area (Å²) < 4.78 is 5.65. The molecule has 3 rings (SSSR count). The van der Waals surface area contributed by atoms with Crippen LogP contribution in [0.2, 0.25) is 0 Å². The molecule has 0 spiro atoms. The van der Waals surface area contributed by atoms with E-state index in [1.807, 2.05) is 24.3 Å². The van der Waals surface area contributed by atoms with Crippen molar-refractivity contribution in [2.75, 3.05) is 18.1 Å². The van der Waals surface area contributed by atoms with Gasteiger partial charge in [0.15, 0.2) is 0 Å². The molecule has 1 amide bonds. The van der Waals surface area contributed by atoms with E-state index in [-0.39, 0.29) is 11.7 Å². The molecular weight excluding hydrogens is 254 g/mol. The van der Waals surface area contributed by atoms with Crippen molar-refractivity contribution < 1.29 is 14.6 Å². The van der Waals surface area contributed by atoms with Crippen LogP contribution in [0.4, 0.5) is 5.69 Å². The second-order valence-electron chi connectivity index (χ2n) is 4.67. The van der Waals surface area contributed by atoms with Crippen LogP contribution in [0.15, 0.2) is 48.5 Å². The fourth-order valence-electron chi connectivity index (χ4n) is 2.30. The van der Waals surface area contributed by atoms with Crippen molar-refractivity contribution in [3.63, 3.8) is 0 Å². The molecule has 0 saturated heterocycles. The summed E-state index contributed by atoms with van der Waals surface area (Å²) >= 11 is 0. The lowest BCUT2D eigenvalue weighted by Gasteiger charge is -2.21. The van der Waals surface area contributed by atoms with Gasteiger partial charge < -0.3 is 14.7 Å². The van der Waals surface area contributed by atoms with Gasteiger partial charge in [-0.15, -0.1) is 0 Å². The predicted molar refractivity (Wildman–Crippen MR) is 76.3 cm³/mol. The predicted octanol–water partition coefficient (Wildman–Crippen LogP) is 2.82. The Kier molecular flexibility index (Phi) is 3.29. The summed E-state index contributed by atoms with van der Waals surface area (Å²) in [5, 5.41) is 9.31. The maximum absolute atomic E-state index is 12.6. The zero-order chi connectivity index (χ0) is 13.9. The number of phenolic OH excluding ortho intramolecular Hbond substituents is 1. The number of anilines is 1. The molecular formula is C16H15NO3. The lowest BCUT2D eigenvalue weighted by Crippen LogP contribution is -2.31. The summed E-state index contributed by atoms with van der Waals surface area (Å²) in [5.74, 6) is 0.807. The average Bonchev–Trinajstić information content (AvgIpc) is 2.69. The molecule has 1 aliphatic heterocycles. The lowest BCUT2D eigenvalue weighted by molar-refractivity contribution is 0.0987. The third-order valence-corrected chi connectivity index (χ3v) is 3.30. The molecule has 1 N–H and O–H groups in total. The van der Waals surface area contributed by atoms with Gasteiger partial charge in [0.2, 0.25) is 0 Å². The van der Waals surface area contributed by atoms with Crippen LogP contribution >= 0.6 is 0 Å². The topological polar surface area (TPSA) is 49.8 Å². The second kappa shape index (κ2) is 5.25. The van der Waals surface area contributed by atoms with Gasteiger partial charge in [-0.2, -0.15) is 0 Å². The molecule has 0 aromatic heterocycles. The Balaban J connectivity index is 1.97. The number of rotatable bonds is 1. The summed E-state index contributed by atoms with van der Waals surface area (Å²) in [7, 11) is 0. The Morgan fingerprint density at radius 2 is 1.85 bits per heavy atom. The molecule has 0 bridgehead atoms. The number of hydrogen-bond donors (Lipinski definition) is 1. The first-order valence-corrected chi connectivity index (χ1v) is 6.58. The molecule has 0 unspecified atom stereocenters. The van der Waals surface area contributed by atoms with Crippen molar-refractivity contribution in [2.45, 2.75) is 6.42 Å². The summed E-state index contributed by atoms with van der Waals surface area (Å²) in [6, 6.07) is 13.9. The van der Waals surface area contributed by atoms with Crippen molar-refractivity contribution >= 4 is 11.6 Å². The number of ether oxygens (including phenoxy) is 1. The van der Waals surface area contributed by atoms with Gasteiger partial charge in [0, 0.05) is 12.1 Å². The largest absolute Gasteiger partial charge is 0.508 e. The molecule has 102 valence electrons. The molecule has 1 heterocycles. The fourth-order valence-corrected chi connectivity index (χ4v) is 2.30. The molecule has 0 fully saturated rings. The summed E-state index contributed by atoms with van der Waals surface area (Å²) in [6.07, 6.45) is 0.790. The van der Waals surface area contributed by atoms with Gasteiger partial charge in [-0.3, -0.25) is 4.79 Å². The molecule has 20 heavy (non-hydrogen) atoms. The van der Waals surface area contributed by atoms with E-state index in [0.717, 1.165) is 17.9 Å². The van der Waals surface area contributed by atoms with Gasteiger partial charge in [0.25, 0.3) is 5.91 Å². The maximum atomic E-state index is 12.6. The highest BCUT2D eigenvalue weighted by Crippen LogP contribution is 2.31. The van der Waals surface area contributed by atoms with Crippen LogP contribution in [-0.4, -0.2) is 24.2 Å². The molecule has 0 atom stereocenters. The number of phenols is 1. The first-order chi connectivity index (χ1) is 9.75. The first kappa shape index (κ1) is 12.5. The quantitative estimate of drug-likeness (QED) is 0.866. The average molecular weight is 269 g/mol. The molecule has 4 heteroatoms. The van der Waals surface area contributed by atoms with Crippen LogP contribution in [-0.2, 0) is 0 Å². The number of benzene rings is 2. The van der Waals surface area contributed by atoms with Gasteiger partial charge in [-0.25, -0.2) is 0 Å². The van der Waals surface area contributed by atoms with E-state index in [4.69, 9.17) is 4.74 Å². The van der Waals surface area contributed by atoms with E-state index >= 15 is 0 Å². The standard InChI is InChI=1S/C16H15NO3/c18-13-8-6-12(7-9-13)16(19)17-10-3-11-20-15-5-2-1-4-14(15)17/h1-2,4-9,18H,3,10-11H2. The number of fused-ring (bicyclic) bond motifs is 1. The van der Waals surface area contributed by atoms with Crippen LogP contribution in [0.1, 0.15) is 16.8 Å². The highest BCUT2D eigenvalue weighted by molar-refractivity contribution is 6.07. The molecule has 2 aromatic carbocycles. The normalized spacial score (nSPS) is 14.1. The Morgan fingerprint density at radius 3 is 2.65 bits per heavy atom. The van der Waals surface area contributed by atoms with Crippen molar-refractivity contribution in [1.82, 2.24) is 0 Å². The van der Waals surface area contributed by atoms with Gasteiger partial charge in [-0.05, 0) is 42.8 Å². The van der Waals surface area contributed by atoms with Crippen LogP contribution in [0.5, 0.6) is 11.5 Å².